The van der Waals surface area contributed by atoms with Crippen LogP contribution in [0.4, 0.5) is 5.69 Å². The lowest BCUT2D eigenvalue weighted by molar-refractivity contribution is -0.121. The molecule has 0 aliphatic carbocycles. The normalized spacial score (nSPS) is 17.4. The van der Waals surface area contributed by atoms with Crippen molar-refractivity contribution in [3.8, 4) is 0 Å². The lowest BCUT2D eigenvalue weighted by Crippen LogP contribution is -2.39. The summed E-state index contributed by atoms with van der Waals surface area (Å²) in [6, 6.07) is 15.4. The smallest absolute Gasteiger partial charge is 0.255 e. The third-order valence-corrected chi connectivity index (χ3v) is 6.69. The van der Waals surface area contributed by atoms with E-state index in [0.717, 1.165) is 33.2 Å². The first-order chi connectivity index (χ1) is 16.2. The zero-order valence-electron chi connectivity index (χ0n) is 20.2. The van der Waals surface area contributed by atoms with Gasteiger partial charge < -0.3 is 15.5 Å². The van der Waals surface area contributed by atoms with Gasteiger partial charge in [0.2, 0.25) is 5.91 Å². The maximum atomic E-state index is 13.7. The monoisotopic (exact) mass is 474 g/mol. The number of anilines is 1. The molecule has 2 N–H and O–H groups in total. The average molecular weight is 475 g/mol. The lowest BCUT2D eigenvalue weighted by Gasteiger charge is -2.37. The number of fused-ring (bicyclic) bond motifs is 1. The van der Waals surface area contributed by atoms with E-state index in [2.05, 4.69) is 40.7 Å². The summed E-state index contributed by atoms with van der Waals surface area (Å²) in [5, 5.41) is 8.77. The fourth-order valence-electron chi connectivity index (χ4n) is 4.27. The standard InChI is InChI=1S/C27H30N4O2S/c1-16(2)28-23(32)14-21-15-34-27-29-19(5)24(26(33)30-20-9-7-6-8-10-20)25(31(21)27)22-13-17(3)11-12-18(22)4/h6-13,15-16,25H,14H2,1-5H3,(H,28,32)(H,30,33)/t25-/m1/s1. The molecule has 0 saturated carbocycles. The fraction of sp³-hybridized carbons (Fsp3) is 0.296. The summed E-state index contributed by atoms with van der Waals surface area (Å²) in [6.45, 7) is 9.88. The molecule has 0 fully saturated rings. The molecule has 176 valence electrons. The van der Waals surface area contributed by atoms with Crippen molar-refractivity contribution in [3.63, 3.8) is 0 Å². The molecule has 2 aliphatic rings. The molecule has 1 atom stereocenters. The summed E-state index contributed by atoms with van der Waals surface area (Å²) in [7, 11) is 0. The van der Waals surface area contributed by atoms with Crippen LogP contribution in [0.25, 0.3) is 0 Å². The SMILES string of the molecule is CC1=C(C(=O)Nc2ccccc2)[C@@H](c2cc(C)ccc2C)N2C(CC(=O)NC(C)C)=CSC2=N1. The Labute approximate surface area is 205 Å². The van der Waals surface area contributed by atoms with Gasteiger partial charge in [0.25, 0.3) is 5.91 Å². The number of rotatable bonds is 6. The summed E-state index contributed by atoms with van der Waals surface area (Å²) in [5.41, 5.74) is 6.05. The van der Waals surface area contributed by atoms with Crippen LogP contribution in [0.5, 0.6) is 0 Å². The molecule has 0 aromatic heterocycles. The Morgan fingerprint density at radius 1 is 1.09 bits per heavy atom. The number of para-hydroxylation sites is 1. The van der Waals surface area contributed by atoms with Gasteiger partial charge in [-0.25, -0.2) is 4.99 Å². The number of benzene rings is 2. The quantitative estimate of drug-likeness (QED) is 0.585. The first-order valence-electron chi connectivity index (χ1n) is 11.4. The third-order valence-electron chi connectivity index (χ3n) is 5.80. The Bertz CT molecular complexity index is 1210. The largest absolute Gasteiger partial charge is 0.354 e. The number of thioether (sulfide) groups is 1. The molecule has 4 rings (SSSR count). The summed E-state index contributed by atoms with van der Waals surface area (Å²) in [6.07, 6.45) is 0.220. The van der Waals surface area contributed by atoms with Crippen molar-refractivity contribution >= 4 is 34.4 Å². The van der Waals surface area contributed by atoms with E-state index in [-0.39, 0.29) is 30.3 Å². The molecule has 0 radical (unpaired) electrons. The van der Waals surface area contributed by atoms with Crippen LogP contribution in [-0.4, -0.2) is 27.9 Å². The number of hydrogen-bond acceptors (Lipinski definition) is 5. The van der Waals surface area contributed by atoms with Crippen LogP contribution >= 0.6 is 11.8 Å². The molecule has 2 aromatic carbocycles. The molecule has 0 spiro atoms. The molecular weight excluding hydrogens is 444 g/mol. The Hall–Kier alpha value is -3.32. The minimum absolute atomic E-state index is 0.0515. The molecule has 34 heavy (non-hydrogen) atoms. The van der Waals surface area contributed by atoms with Crippen molar-refractivity contribution < 1.29 is 9.59 Å². The topological polar surface area (TPSA) is 73.8 Å². The maximum Gasteiger partial charge on any atom is 0.255 e. The van der Waals surface area contributed by atoms with Crippen LogP contribution in [-0.2, 0) is 9.59 Å². The lowest BCUT2D eigenvalue weighted by atomic mass is 9.89. The van der Waals surface area contributed by atoms with E-state index in [1.54, 1.807) is 0 Å². The van der Waals surface area contributed by atoms with Gasteiger partial charge in [-0.15, -0.1) is 0 Å². The molecule has 2 aliphatic heterocycles. The number of aryl methyl sites for hydroxylation is 2. The molecule has 7 heteroatoms. The molecule has 0 bridgehead atoms. The van der Waals surface area contributed by atoms with Crippen molar-refractivity contribution in [1.82, 2.24) is 10.2 Å². The second kappa shape index (κ2) is 9.89. The van der Waals surface area contributed by atoms with Crippen molar-refractivity contribution in [2.45, 2.75) is 53.1 Å². The Morgan fingerprint density at radius 3 is 2.53 bits per heavy atom. The van der Waals surface area contributed by atoms with Crippen LogP contribution in [0.1, 0.15) is 49.9 Å². The molecule has 0 saturated heterocycles. The predicted molar refractivity (Wildman–Crippen MR) is 139 cm³/mol. The van der Waals surface area contributed by atoms with Gasteiger partial charge >= 0.3 is 0 Å². The number of nitrogens with one attached hydrogen (secondary N) is 2. The highest BCUT2D eigenvalue weighted by atomic mass is 32.2. The number of amidine groups is 1. The minimum atomic E-state index is -0.385. The summed E-state index contributed by atoms with van der Waals surface area (Å²) in [4.78, 5) is 33.1. The van der Waals surface area contributed by atoms with Gasteiger partial charge in [0.15, 0.2) is 5.17 Å². The second-order valence-corrected chi connectivity index (χ2v) is 9.81. The van der Waals surface area contributed by atoms with E-state index in [4.69, 9.17) is 4.99 Å². The van der Waals surface area contributed by atoms with Gasteiger partial charge in [0, 0.05) is 17.4 Å². The van der Waals surface area contributed by atoms with Crippen molar-refractivity contribution in [1.29, 1.82) is 0 Å². The first kappa shape index (κ1) is 23.8. The maximum absolute atomic E-state index is 13.7. The number of aliphatic imine (C=N–C) groups is 1. The van der Waals surface area contributed by atoms with E-state index >= 15 is 0 Å². The zero-order chi connectivity index (χ0) is 24.4. The second-order valence-electron chi connectivity index (χ2n) is 8.97. The van der Waals surface area contributed by atoms with Crippen LogP contribution < -0.4 is 10.6 Å². The number of carbonyl (C=O) groups excluding carboxylic acids is 2. The Morgan fingerprint density at radius 2 is 1.82 bits per heavy atom. The van der Waals surface area contributed by atoms with E-state index in [0.29, 0.717) is 11.3 Å². The molecule has 6 nitrogen and oxygen atoms in total. The number of nitrogens with zero attached hydrogens (tertiary/aromatic N) is 2. The highest BCUT2D eigenvalue weighted by Gasteiger charge is 2.41. The molecule has 0 unspecified atom stereocenters. The van der Waals surface area contributed by atoms with Crippen molar-refractivity contribution in [2.75, 3.05) is 5.32 Å². The Kier molecular flexibility index (Phi) is 6.93. The van der Waals surface area contributed by atoms with Gasteiger partial charge in [-0.05, 0) is 63.3 Å². The number of hydrogen-bond donors (Lipinski definition) is 2. The minimum Gasteiger partial charge on any atom is -0.354 e. The van der Waals surface area contributed by atoms with Gasteiger partial charge in [-0.3, -0.25) is 9.59 Å². The molecule has 2 heterocycles. The Balaban J connectivity index is 1.78. The van der Waals surface area contributed by atoms with Crippen LogP contribution in [0.15, 0.2) is 75.9 Å². The summed E-state index contributed by atoms with van der Waals surface area (Å²) >= 11 is 1.49. The van der Waals surface area contributed by atoms with E-state index in [1.807, 2.05) is 63.4 Å². The number of amides is 2. The zero-order valence-corrected chi connectivity index (χ0v) is 21.0. The van der Waals surface area contributed by atoms with E-state index < -0.39 is 0 Å². The van der Waals surface area contributed by atoms with Crippen LogP contribution in [0.2, 0.25) is 0 Å². The highest BCUT2D eigenvalue weighted by molar-refractivity contribution is 8.16. The molecular formula is C27H30N4O2S. The highest BCUT2D eigenvalue weighted by Crippen LogP contribution is 2.45. The van der Waals surface area contributed by atoms with E-state index in [9.17, 15) is 9.59 Å². The van der Waals surface area contributed by atoms with Gasteiger partial charge in [0.1, 0.15) is 0 Å². The van der Waals surface area contributed by atoms with Gasteiger partial charge in [0.05, 0.1) is 23.7 Å². The van der Waals surface area contributed by atoms with Gasteiger partial charge in [-0.2, -0.15) is 0 Å². The molecule has 2 aromatic rings. The third kappa shape index (κ3) is 4.94. The summed E-state index contributed by atoms with van der Waals surface area (Å²) < 4.78 is 0. The molecule has 2 amide bonds. The van der Waals surface area contributed by atoms with Crippen molar-refractivity contribution in [2.24, 2.45) is 4.99 Å². The van der Waals surface area contributed by atoms with E-state index in [1.165, 1.54) is 11.8 Å². The van der Waals surface area contributed by atoms with Crippen LogP contribution in [0.3, 0.4) is 0 Å². The van der Waals surface area contributed by atoms with Gasteiger partial charge in [-0.1, -0.05) is 53.7 Å². The summed E-state index contributed by atoms with van der Waals surface area (Å²) in [5.74, 6) is -0.246. The predicted octanol–water partition coefficient (Wildman–Crippen LogP) is 5.43. The fourth-order valence-corrected chi connectivity index (χ4v) is 5.23. The van der Waals surface area contributed by atoms with Crippen LogP contribution in [0, 0.1) is 13.8 Å². The number of allylic oxidation sites excluding steroid dienone is 1. The first-order valence-corrected chi connectivity index (χ1v) is 12.3. The average Bonchev–Trinajstić information content (AvgIpc) is 3.16. The van der Waals surface area contributed by atoms with Crippen molar-refractivity contribution in [3.05, 3.63) is 87.6 Å². The number of carbonyl (C=O) groups is 2.